The molecule has 8 heteroatoms. The molecule has 0 atom stereocenters. The van der Waals surface area contributed by atoms with Crippen LogP contribution in [0.25, 0.3) is 11.0 Å². The summed E-state index contributed by atoms with van der Waals surface area (Å²) in [6.07, 6.45) is 1.83. The number of aromatic nitrogens is 2. The fourth-order valence-electron chi connectivity index (χ4n) is 3.45. The first-order valence-electron chi connectivity index (χ1n) is 9.87. The van der Waals surface area contributed by atoms with Gasteiger partial charge in [-0.3, -0.25) is 0 Å². The number of methoxy groups -OCH3 is 1. The van der Waals surface area contributed by atoms with Gasteiger partial charge in [0.15, 0.2) is 0 Å². The first kappa shape index (κ1) is 20.0. The zero-order valence-electron chi connectivity index (χ0n) is 17.6. The Bertz CT molecular complexity index is 1070. The highest BCUT2D eigenvalue weighted by molar-refractivity contribution is 5.85. The van der Waals surface area contributed by atoms with Crippen LogP contribution in [0.4, 0.5) is 16.2 Å². The molecule has 0 aliphatic carbocycles. The van der Waals surface area contributed by atoms with E-state index in [-0.39, 0.29) is 0 Å². The van der Waals surface area contributed by atoms with Crippen LogP contribution < -0.4 is 10.1 Å². The zero-order valence-corrected chi connectivity index (χ0v) is 17.6. The maximum absolute atomic E-state index is 12.0. The number of aromatic amines is 1. The van der Waals surface area contributed by atoms with E-state index < -0.39 is 11.8 Å². The molecule has 4 rings (SSSR count). The standard InChI is InChI=1S/C22H26N4O4/c1-22(2,3)29-21(27)30-26-9-8-19-18(13-26)17-11-15(12-23-20(17)25-19)24-14-6-5-7-16(10-14)28-4/h5-7,10-12,24H,8-9,13H2,1-4H3,(H,23,25). The second kappa shape index (κ2) is 7.87. The molecule has 0 amide bonds. The molecule has 30 heavy (non-hydrogen) atoms. The summed E-state index contributed by atoms with van der Waals surface area (Å²) in [6.45, 7) is 6.49. The number of ether oxygens (including phenoxy) is 2. The Balaban J connectivity index is 1.53. The van der Waals surface area contributed by atoms with E-state index in [1.807, 2.05) is 51.1 Å². The first-order valence-corrected chi connectivity index (χ1v) is 9.87. The lowest BCUT2D eigenvalue weighted by molar-refractivity contribution is -0.151. The van der Waals surface area contributed by atoms with Crippen molar-refractivity contribution in [2.45, 2.75) is 39.3 Å². The van der Waals surface area contributed by atoms with Gasteiger partial charge in [-0.05, 0) is 44.5 Å². The van der Waals surface area contributed by atoms with E-state index in [1.165, 1.54) is 0 Å². The van der Waals surface area contributed by atoms with Crippen LogP contribution in [0.15, 0.2) is 36.5 Å². The van der Waals surface area contributed by atoms with Crippen molar-refractivity contribution in [2.75, 3.05) is 19.0 Å². The fourth-order valence-corrected chi connectivity index (χ4v) is 3.45. The quantitative estimate of drug-likeness (QED) is 0.611. The molecule has 1 aliphatic heterocycles. The van der Waals surface area contributed by atoms with Crippen LogP contribution in [-0.2, 0) is 22.5 Å². The van der Waals surface area contributed by atoms with E-state index in [1.54, 1.807) is 18.4 Å². The third kappa shape index (κ3) is 4.49. The molecule has 3 aromatic rings. The summed E-state index contributed by atoms with van der Waals surface area (Å²) in [4.78, 5) is 25.4. The Morgan fingerprint density at radius 2 is 2.07 bits per heavy atom. The number of fused-ring (bicyclic) bond motifs is 3. The summed E-state index contributed by atoms with van der Waals surface area (Å²) in [7, 11) is 1.64. The van der Waals surface area contributed by atoms with Gasteiger partial charge < -0.3 is 24.6 Å². The number of hydroxylamine groups is 2. The van der Waals surface area contributed by atoms with E-state index in [0.717, 1.165) is 45.8 Å². The lowest BCUT2D eigenvalue weighted by atomic mass is 10.1. The number of benzene rings is 1. The van der Waals surface area contributed by atoms with Crippen molar-refractivity contribution in [2.24, 2.45) is 0 Å². The second-order valence-electron chi connectivity index (χ2n) is 8.23. The Kier molecular flexibility index (Phi) is 5.26. The largest absolute Gasteiger partial charge is 0.528 e. The molecule has 0 saturated carbocycles. The van der Waals surface area contributed by atoms with Crippen molar-refractivity contribution in [1.82, 2.24) is 15.0 Å². The number of nitrogens with one attached hydrogen (secondary N) is 2. The Morgan fingerprint density at radius 1 is 1.23 bits per heavy atom. The van der Waals surface area contributed by atoms with Crippen molar-refractivity contribution in [1.29, 1.82) is 0 Å². The molecular formula is C22H26N4O4. The van der Waals surface area contributed by atoms with Crippen molar-refractivity contribution in [3.05, 3.63) is 47.8 Å². The lowest BCUT2D eigenvalue weighted by Gasteiger charge is -2.27. The molecule has 0 spiro atoms. The summed E-state index contributed by atoms with van der Waals surface area (Å²) in [5.41, 5.74) is 4.18. The number of rotatable bonds is 4. The van der Waals surface area contributed by atoms with Crippen molar-refractivity contribution < 1.29 is 19.1 Å². The molecule has 0 bridgehead atoms. The van der Waals surface area contributed by atoms with Crippen LogP contribution in [-0.4, -0.2) is 40.4 Å². The molecule has 0 fully saturated rings. The van der Waals surface area contributed by atoms with Gasteiger partial charge in [-0.1, -0.05) is 6.07 Å². The maximum Gasteiger partial charge on any atom is 0.528 e. The van der Waals surface area contributed by atoms with Gasteiger partial charge in [-0.15, -0.1) is 5.06 Å². The average molecular weight is 410 g/mol. The monoisotopic (exact) mass is 410 g/mol. The number of nitrogens with zero attached hydrogens (tertiary/aromatic N) is 2. The van der Waals surface area contributed by atoms with Crippen LogP contribution >= 0.6 is 0 Å². The van der Waals surface area contributed by atoms with Gasteiger partial charge in [0.05, 0.1) is 25.5 Å². The third-order valence-corrected chi connectivity index (χ3v) is 4.74. The number of pyridine rings is 1. The highest BCUT2D eigenvalue weighted by Crippen LogP contribution is 2.30. The minimum Gasteiger partial charge on any atom is -0.497 e. The van der Waals surface area contributed by atoms with Crippen LogP contribution in [0.3, 0.4) is 0 Å². The normalized spacial score (nSPS) is 14.3. The second-order valence-corrected chi connectivity index (χ2v) is 8.23. The maximum atomic E-state index is 12.0. The third-order valence-electron chi connectivity index (χ3n) is 4.74. The summed E-state index contributed by atoms with van der Waals surface area (Å²) in [5.74, 6) is 0.781. The summed E-state index contributed by atoms with van der Waals surface area (Å²) in [5, 5.41) is 5.99. The van der Waals surface area contributed by atoms with Crippen LogP contribution in [0, 0.1) is 0 Å². The number of hydrogen-bond donors (Lipinski definition) is 2. The molecule has 1 aliphatic rings. The highest BCUT2D eigenvalue weighted by Gasteiger charge is 2.26. The molecule has 2 aromatic heterocycles. The number of carbonyl (C=O) groups is 1. The van der Waals surface area contributed by atoms with Gasteiger partial charge in [0.2, 0.25) is 0 Å². The van der Waals surface area contributed by atoms with Crippen LogP contribution in [0.2, 0.25) is 0 Å². The van der Waals surface area contributed by atoms with Gasteiger partial charge >= 0.3 is 6.16 Å². The van der Waals surface area contributed by atoms with Crippen LogP contribution in [0.5, 0.6) is 5.75 Å². The topological polar surface area (TPSA) is 88.7 Å². The lowest BCUT2D eigenvalue weighted by Crippen LogP contribution is -2.35. The SMILES string of the molecule is COc1cccc(Nc2cnc3[nH]c4c(c3c2)CN(OC(=O)OC(C)(C)C)CC4)c1. The van der Waals surface area contributed by atoms with Gasteiger partial charge in [-0.2, -0.15) is 0 Å². The van der Waals surface area contributed by atoms with E-state index in [4.69, 9.17) is 14.3 Å². The highest BCUT2D eigenvalue weighted by atomic mass is 16.8. The number of H-pyrrole nitrogens is 1. The van der Waals surface area contributed by atoms with Gasteiger partial charge in [0, 0.05) is 35.8 Å². The van der Waals surface area contributed by atoms with Gasteiger partial charge in [0.25, 0.3) is 0 Å². The minimum absolute atomic E-state index is 0.471. The molecular weight excluding hydrogens is 384 g/mol. The number of anilines is 2. The van der Waals surface area contributed by atoms with Crippen molar-refractivity contribution in [3.63, 3.8) is 0 Å². The summed E-state index contributed by atoms with van der Waals surface area (Å²) >= 11 is 0. The Hall–Kier alpha value is -3.26. The number of hydrogen-bond acceptors (Lipinski definition) is 7. The minimum atomic E-state index is -0.690. The number of carbonyl (C=O) groups excluding carboxylic acids is 1. The van der Waals surface area contributed by atoms with E-state index >= 15 is 0 Å². The average Bonchev–Trinajstić information content (AvgIpc) is 3.04. The molecule has 1 aromatic carbocycles. The summed E-state index contributed by atoms with van der Waals surface area (Å²) < 4.78 is 10.5. The molecule has 3 heterocycles. The predicted octanol–water partition coefficient (Wildman–Crippen LogP) is 4.54. The van der Waals surface area contributed by atoms with Crippen molar-refractivity contribution >= 4 is 28.6 Å². The zero-order chi connectivity index (χ0) is 21.3. The van der Waals surface area contributed by atoms with Crippen molar-refractivity contribution in [3.8, 4) is 5.75 Å². The molecule has 0 saturated heterocycles. The van der Waals surface area contributed by atoms with E-state index in [2.05, 4.69) is 15.3 Å². The van der Waals surface area contributed by atoms with E-state index in [9.17, 15) is 4.79 Å². The first-order chi connectivity index (χ1) is 14.3. The van der Waals surface area contributed by atoms with Gasteiger partial charge in [-0.25, -0.2) is 9.78 Å². The summed E-state index contributed by atoms with van der Waals surface area (Å²) in [6, 6.07) is 9.77. The smallest absolute Gasteiger partial charge is 0.497 e. The molecule has 8 nitrogen and oxygen atoms in total. The molecule has 0 radical (unpaired) electrons. The Morgan fingerprint density at radius 3 is 2.83 bits per heavy atom. The van der Waals surface area contributed by atoms with E-state index in [0.29, 0.717) is 13.1 Å². The fraction of sp³-hybridized carbons (Fsp3) is 0.364. The predicted molar refractivity (Wildman–Crippen MR) is 114 cm³/mol. The molecule has 0 unspecified atom stereocenters. The molecule has 158 valence electrons. The van der Waals surface area contributed by atoms with Gasteiger partial charge in [0.1, 0.15) is 17.0 Å². The van der Waals surface area contributed by atoms with Crippen LogP contribution in [0.1, 0.15) is 32.0 Å². The molecule has 2 N–H and O–H groups in total. The Labute approximate surface area is 175 Å².